The van der Waals surface area contributed by atoms with Crippen molar-refractivity contribution in [3.63, 3.8) is 0 Å². The van der Waals surface area contributed by atoms with Crippen molar-refractivity contribution in [1.82, 2.24) is 10.2 Å². The summed E-state index contributed by atoms with van der Waals surface area (Å²) < 4.78 is 26.1. The Kier molecular flexibility index (Phi) is 3.99. The van der Waals surface area contributed by atoms with Crippen molar-refractivity contribution in [2.24, 2.45) is 5.73 Å². The lowest BCUT2D eigenvalue weighted by Crippen LogP contribution is -2.45. The van der Waals surface area contributed by atoms with Gasteiger partial charge in [-0.3, -0.25) is 9.59 Å². The van der Waals surface area contributed by atoms with E-state index in [0.717, 1.165) is 12.1 Å². The van der Waals surface area contributed by atoms with E-state index in [-0.39, 0.29) is 24.1 Å². The van der Waals surface area contributed by atoms with Crippen LogP contribution in [0.3, 0.4) is 0 Å². The highest BCUT2D eigenvalue weighted by Gasteiger charge is 2.38. The Labute approximate surface area is 114 Å². The molecule has 0 radical (unpaired) electrons. The first kappa shape index (κ1) is 14.4. The van der Waals surface area contributed by atoms with Gasteiger partial charge in [-0.1, -0.05) is 0 Å². The van der Waals surface area contributed by atoms with Gasteiger partial charge in [-0.15, -0.1) is 0 Å². The first-order valence-electron chi connectivity index (χ1n) is 6.17. The van der Waals surface area contributed by atoms with Gasteiger partial charge in [-0.2, -0.15) is 0 Å². The van der Waals surface area contributed by atoms with E-state index in [0.29, 0.717) is 6.42 Å². The second kappa shape index (κ2) is 5.54. The molecule has 0 saturated carbocycles. The molecule has 1 aliphatic heterocycles. The zero-order chi connectivity index (χ0) is 14.9. The molecule has 1 aromatic carbocycles. The quantitative estimate of drug-likeness (QED) is 0.817. The number of rotatable bonds is 2. The molecule has 0 aromatic heterocycles. The van der Waals surface area contributed by atoms with E-state index < -0.39 is 23.6 Å². The second-order valence-electron chi connectivity index (χ2n) is 4.71. The minimum atomic E-state index is -1.10. The highest BCUT2D eigenvalue weighted by atomic mass is 19.2. The van der Waals surface area contributed by atoms with Crippen LogP contribution in [-0.2, 0) is 4.79 Å². The van der Waals surface area contributed by atoms with Crippen molar-refractivity contribution in [3.05, 3.63) is 35.4 Å². The molecule has 2 atom stereocenters. The zero-order valence-electron chi connectivity index (χ0n) is 10.9. The summed E-state index contributed by atoms with van der Waals surface area (Å²) in [5.74, 6) is -2.99. The SMILES string of the molecule is CNC(=O)[C@@H]1C[C@@H](N)CN1C(=O)c1ccc(F)c(F)c1. The average molecular weight is 283 g/mol. The number of halogens is 2. The minimum absolute atomic E-state index is 0.00750. The fourth-order valence-electron chi connectivity index (χ4n) is 2.30. The van der Waals surface area contributed by atoms with Gasteiger partial charge in [0.1, 0.15) is 6.04 Å². The van der Waals surface area contributed by atoms with Crippen LogP contribution < -0.4 is 11.1 Å². The van der Waals surface area contributed by atoms with Crippen LogP contribution in [0.25, 0.3) is 0 Å². The molecular weight excluding hydrogens is 268 g/mol. The summed E-state index contributed by atoms with van der Waals surface area (Å²) in [6.07, 6.45) is 0.342. The summed E-state index contributed by atoms with van der Waals surface area (Å²) in [4.78, 5) is 25.3. The topological polar surface area (TPSA) is 75.4 Å². The van der Waals surface area contributed by atoms with Gasteiger partial charge >= 0.3 is 0 Å². The Morgan fingerprint density at radius 3 is 2.65 bits per heavy atom. The lowest BCUT2D eigenvalue weighted by Gasteiger charge is -2.23. The van der Waals surface area contributed by atoms with Gasteiger partial charge in [0, 0.05) is 25.2 Å². The standard InChI is InChI=1S/C13H15F2N3O2/c1-17-12(19)11-5-8(16)6-18(11)13(20)7-2-3-9(14)10(15)4-7/h2-4,8,11H,5-6,16H2,1H3,(H,17,19)/t8-,11+/m1/s1. The van der Waals surface area contributed by atoms with Gasteiger partial charge in [-0.05, 0) is 24.6 Å². The second-order valence-corrected chi connectivity index (χ2v) is 4.71. The molecule has 1 aliphatic rings. The van der Waals surface area contributed by atoms with Gasteiger partial charge in [0.2, 0.25) is 5.91 Å². The van der Waals surface area contributed by atoms with Crippen LogP contribution in [-0.4, -0.2) is 42.4 Å². The number of nitrogens with one attached hydrogen (secondary N) is 1. The summed E-state index contributed by atoms with van der Waals surface area (Å²) in [5.41, 5.74) is 5.76. The number of carbonyl (C=O) groups excluding carboxylic acids is 2. The summed E-state index contributed by atoms with van der Waals surface area (Å²) in [6.45, 7) is 0.204. The minimum Gasteiger partial charge on any atom is -0.357 e. The highest BCUT2D eigenvalue weighted by Crippen LogP contribution is 2.20. The summed E-state index contributed by atoms with van der Waals surface area (Å²) >= 11 is 0. The third-order valence-electron chi connectivity index (χ3n) is 3.31. The zero-order valence-corrected chi connectivity index (χ0v) is 10.9. The number of carbonyl (C=O) groups is 2. The van der Waals surface area contributed by atoms with E-state index in [4.69, 9.17) is 5.73 Å². The highest BCUT2D eigenvalue weighted by molar-refractivity contribution is 5.98. The van der Waals surface area contributed by atoms with Crippen LogP contribution in [0.5, 0.6) is 0 Å². The number of hydrogen-bond donors (Lipinski definition) is 2. The number of likely N-dealkylation sites (tertiary alicyclic amines) is 1. The largest absolute Gasteiger partial charge is 0.357 e. The summed E-state index contributed by atoms with van der Waals surface area (Å²) in [6, 6.07) is 1.89. The van der Waals surface area contributed by atoms with Crippen LogP contribution in [0.1, 0.15) is 16.8 Å². The Balaban J connectivity index is 2.26. The van der Waals surface area contributed by atoms with Crippen molar-refractivity contribution < 1.29 is 18.4 Å². The fraction of sp³-hybridized carbons (Fsp3) is 0.385. The van der Waals surface area contributed by atoms with Crippen molar-refractivity contribution in [2.75, 3.05) is 13.6 Å². The molecular formula is C13H15F2N3O2. The third kappa shape index (κ3) is 2.62. The normalized spacial score (nSPS) is 21.9. The van der Waals surface area contributed by atoms with Crippen LogP contribution in [0.4, 0.5) is 8.78 Å². The summed E-state index contributed by atoms with van der Waals surface area (Å²) in [5, 5.41) is 2.46. The molecule has 0 bridgehead atoms. The molecule has 1 aromatic rings. The number of nitrogens with zero attached hydrogens (tertiary/aromatic N) is 1. The molecule has 1 saturated heterocycles. The first-order valence-corrected chi connectivity index (χ1v) is 6.17. The van der Waals surface area contributed by atoms with E-state index in [2.05, 4.69) is 5.32 Å². The first-order chi connectivity index (χ1) is 9.43. The molecule has 108 valence electrons. The maximum atomic E-state index is 13.2. The van der Waals surface area contributed by atoms with Crippen molar-refractivity contribution in [2.45, 2.75) is 18.5 Å². The predicted molar refractivity (Wildman–Crippen MR) is 67.8 cm³/mol. The van der Waals surface area contributed by atoms with E-state index in [1.54, 1.807) is 0 Å². The Morgan fingerprint density at radius 2 is 2.05 bits per heavy atom. The number of benzene rings is 1. The molecule has 2 amide bonds. The summed E-state index contributed by atoms with van der Waals surface area (Å²) in [7, 11) is 1.46. The monoisotopic (exact) mass is 283 g/mol. The van der Waals surface area contributed by atoms with E-state index in [9.17, 15) is 18.4 Å². The van der Waals surface area contributed by atoms with E-state index in [1.165, 1.54) is 18.0 Å². The van der Waals surface area contributed by atoms with Gasteiger partial charge in [-0.25, -0.2) is 8.78 Å². The molecule has 5 nitrogen and oxygen atoms in total. The number of hydrogen-bond acceptors (Lipinski definition) is 3. The molecule has 1 fully saturated rings. The third-order valence-corrected chi connectivity index (χ3v) is 3.31. The lowest BCUT2D eigenvalue weighted by molar-refractivity contribution is -0.124. The smallest absolute Gasteiger partial charge is 0.254 e. The number of likely N-dealkylation sites (N-methyl/N-ethyl adjacent to an activating group) is 1. The molecule has 0 aliphatic carbocycles. The predicted octanol–water partition coefficient (Wildman–Crippen LogP) is 0.253. The van der Waals surface area contributed by atoms with Gasteiger partial charge in [0.05, 0.1) is 0 Å². The van der Waals surface area contributed by atoms with Crippen LogP contribution in [0.15, 0.2) is 18.2 Å². The van der Waals surface area contributed by atoms with Crippen LogP contribution >= 0.6 is 0 Å². The lowest BCUT2D eigenvalue weighted by atomic mass is 10.1. The average Bonchev–Trinajstić information content (AvgIpc) is 2.82. The van der Waals surface area contributed by atoms with Crippen molar-refractivity contribution in [1.29, 1.82) is 0 Å². The Morgan fingerprint density at radius 1 is 1.35 bits per heavy atom. The van der Waals surface area contributed by atoms with Gasteiger partial charge in [0.25, 0.3) is 5.91 Å². The number of nitrogens with two attached hydrogens (primary N) is 1. The van der Waals surface area contributed by atoms with Crippen molar-refractivity contribution >= 4 is 11.8 Å². The molecule has 2 rings (SSSR count). The van der Waals surface area contributed by atoms with Gasteiger partial charge < -0.3 is 16.0 Å². The van der Waals surface area contributed by atoms with Gasteiger partial charge in [0.15, 0.2) is 11.6 Å². The molecule has 3 N–H and O–H groups in total. The molecule has 0 unspecified atom stereocenters. The van der Waals surface area contributed by atoms with Crippen LogP contribution in [0, 0.1) is 11.6 Å². The molecule has 7 heteroatoms. The number of amides is 2. The molecule has 20 heavy (non-hydrogen) atoms. The Bertz CT molecular complexity index is 550. The van der Waals surface area contributed by atoms with E-state index >= 15 is 0 Å². The fourth-order valence-corrected chi connectivity index (χ4v) is 2.30. The molecule has 1 heterocycles. The van der Waals surface area contributed by atoms with E-state index in [1.807, 2.05) is 0 Å². The molecule has 0 spiro atoms. The Hall–Kier alpha value is -2.02. The maximum absolute atomic E-state index is 13.2. The van der Waals surface area contributed by atoms with Crippen LogP contribution in [0.2, 0.25) is 0 Å². The van der Waals surface area contributed by atoms with Crippen molar-refractivity contribution in [3.8, 4) is 0 Å². The maximum Gasteiger partial charge on any atom is 0.254 e.